The van der Waals surface area contributed by atoms with E-state index in [4.69, 9.17) is 0 Å². The van der Waals surface area contributed by atoms with Crippen molar-refractivity contribution < 1.29 is 0 Å². The highest BCUT2D eigenvalue weighted by Crippen LogP contribution is 2.29. The Kier molecular flexibility index (Phi) is 5.31. The summed E-state index contributed by atoms with van der Waals surface area (Å²) < 4.78 is 6.58. The van der Waals surface area contributed by atoms with Gasteiger partial charge in [0.2, 0.25) is 0 Å². The van der Waals surface area contributed by atoms with Crippen LogP contribution in [0.25, 0.3) is 0 Å². The van der Waals surface area contributed by atoms with Crippen molar-refractivity contribution in [2.45, 2.75) is 20.8 Å². The molecule has 0 bridgehead atoms. The van der Waals surface area contributed by atoms with Crippen LogP contribution in [-0.2, 0) is 0 Å². The molecule has 0 fully saturated rings. The second kappa shape index (κ2) is 6.01. The summed E-state index contributed by atoms with van der Waals surface area (Å²) in [7, 11) is 0. The minimum Gasteiger partial charge on any atom is -0.0786 e. The van der Waals surface area contributed by atoms with E-state index in [1.165, 1.54) is 11.1 Å². The highest BCUT2D eigenvalue weighted by Gasteiger charge is 2.05. The lowest BCUT2D eigenvalue weighted by Gasteiger charge is -2.09. The molecule has 2 heterocycles. The first-order valence-electron chi connectivity index (χ1n) is 4.39. The van der Waals surface area contributed by atoms with Crippen molar-refractivity contribution in [1.29, 1.82) is 0 Å². The molecule has 0 radical (unpaired) electrons. The van der Waals surface area contributed by atoms with Crippen molar-refractivity contribution in [3.8, 4) is 0 Å². The third-order valence-corrected chi connectivity index (χ3v) is 9.00. The van der Waals surface area contributed by atoms with E-state index in [1.807, 2.05) is 13.8 Å². The van der Waals surface area contributed by atoms with E-state index in [2.05, 4.69) is 33.2 Å². The summed E-state index contributed by atoms with van der Waals surface area (Å²) in [6.45, 7) is 6.20. The van der Waals surface area contributed by atoms with Crippen LogP contribution in [0.5, 0.6) is 0 Å². The molecule has 2 aliphatic rings. The monoisotopic (exact) mass is 400 g/mol. The van der Waals surface area contributed by atoms with Crippen molar-refractivity contribution in [2.75, 3.05) is 0 Å². The van der Waals surface area contributed by atoms with E-state index in [-0.39, 0.29) is 41.5 Å². The molecule has 72 valence electrons. The maximum absolute atomic E-state index is 2.43. The fourth-order valence-corrected chi connectivity index (χ4v) is 6.77. The first-order chi connectivity index (χ1) is 6.36. The van der Waals surface area contributed by atoms with Gasteiger partial charge in [-0.15, -0.1) is 0 Å². The lowest BCUT2D eigenvalue weighted by atomic mass is 10.2. The van der Waals surface area contributed by atoms with Gasteiger partial charge in [0.25, 0.3) is 0 Å². The van der Waals surface area contributed by atoms with Gasteiger partial charge >= 0.3 is 0 Å². The Morgan fingerprint density at radius 1 is 1.23 bits per heavy atom. The zero-order valence-corrected chi connectivity index (χ0v) is 12.5. The SMILES string of the molecule is CC.CC1=CI=C2I=CC=CC2=C1. The topological polar surface area (TPSA) is 0 Å². The quantitative estimate of drug-likeness (QED) is 0.533. The molecule has 0 saturated carbocycles. The first kappa shape index (κ1) is 11.5. The normalized spacial score (nSPS) is 18.8. The molecular formula is C11H14I2. The van der Waals surface area contributed by atoms with Crippen molar-refractivity contribution in [3.63, 3.8) is 0 Å². The van der Waals surface area contributed by atoms with E-state index in [9.17, 15) is 0 Å². The maximum Gasteiger partial charge on any atom is 0.0480 e. The molecule has 0 N–H and O–H groups in total. The van der Waals surface area contributed by atoms with E-state index in [0.29, 0.717) is 0 Å². The number of fused-ring (bicyclic) bond motifs is 1. The van der Waals surface area contributed by atoms with E-state index in [0.717, 1.165) is 0 Å². The fourth-order valence-electron chi connectivity index (χ4n) is 0.958. The van der Waals surface area contributed by atoms with E-state index >= 15 is 0 Å². The van der Waals surface area contributed by atoms with Crippen LogP contribution >= 0.6 is 41.5 Å². The van der Waals surface area contributed by atoms with Crippen LogP contribution in [0.1, 0.15) is 20.8 Å². The highest BCUT2D eigenvalue weighted by molar-refractivity contribution is 14.3. The van der Waals surface area contributed by atoms with Gasteiger partial charge in [0.1, 0.15) is 0 Å². The first-order valence-corrected chi connectivity index (χ1v) is 9.03. The van der Waals surface area contributed by atoms with Gasteiger partial charge in [-0.2, -0.15) is 0 Å². The third kappa shape index (κ3) is 3.23. The Morgan fingerprint density at radius 2 is 2.00 bits per heavy atom. The predicted molar refractivity (Wildman–Crippen MR) is 81.4 cm³/mol. The summed E-state index contributed by atoms with van der Waals surface area (Å²) in [6.07, 6.45) is 6.79. The van der Waals surface area contributed by atoms with Gasteiger partial charge in [0, 0.05) is 1.52 Å². The summed E-state index contributed by atoms with van der Waals surface area (Å²) in [5.41, 5.74) is 3.00. The summed E-state index contributed by atoms with van der Waals surface area (Å²) in [5, 5.41) is 0. The minimum absolute atomic E-state index is 0.266. The molecule has 0 atom stereocenters. The number of halogens is 2. The lowest BCUT2D eigenvalue weighted by Crippen LogP contribution is -1.94. The fraction of sp³-hybridized carbons (Fsp3) is 0.273. The second-order valence-electron chi connectivity index (χ2n) is 2.42. The molecule has 2 rings (SSSR count). The summed E-state index contributed by atoms with van der Waals surface area (Å²) in [4.78, 5) is 0. The zero-order chi connectivity index (χ0) is 9.68. The Labute approximate surface area is 100 Å². The number of hydrogen-bond acceptors (Lipinski definition) is 0. The predicted octanol–water partition coefficient (Wildman–Crippen LogP) is 4.30. The molecule has 0 saturated heterocycles. The van der Waals surface area contributed by atoms with Gasteiger partial charge in [-0.05, 0) is 26.2 Å². The standard InChI is InChI=1S/C9H8I2.C2H6/c1-7-5-8-3-2-4-10-9(8)11-6-7;1-2/h2-6H,1H3;1-2H3. The van der Waals surface area contributed by atoms with Crippen molar-refractivity contribution in [2.24, 2.45) is 0 Å². The van der Waals surface area contributed by atoms with E-state index in [1.54, 1.807) is 1.52 Å². The Bertz CT molecular complexity index is 328. The van der Waals surface area contributed by atoms with Crippen LogP contribution in [0, 0.1) is 0 Å². The van der Waals surface area contributed by atoms with Gasteiger partial charge in [-0.3, -0.25) is 0 Å². The Morgan fingerprint density at radius 3 is 2.77 bits per heavy atom. The number of allylic oxidation sites excluding steroid dienone is 5. The van der Waals surface area contributed by atoms with Crippen LogP contribution in [0.3, 0.4) is 0 Å². The van der Waals surface area contributed by atoms with Crippen molar-refractivity contribution in [3.05, 3.63) is 33.5 Å². The minimum atomic E-state index is 0.266. The Balaban J connectivity index is 0.000000396. The average molecular weight is 400 g/mol. The molecule has 13 heavy (non-hydrogen) atoms. The molecule has 2 aliphatic heterocycles. The molecule has 0 unspecified atom stereocenters. The van der Waals surface area contributed by atoms with E-state index < -0.39 is 0 Å². The number of hydrogen-bond donors (Lipinski definition) is 0. The summed E-state index contributed by atoms with van der Waals surface area (Å²) in [6, 6.07) is 0. The van der Waals surface area contributed by atoms with Gasteiger partial charge in [-0.25, -0.2) is 0 Å². The molecule has 2 heteroatoms. The molecule has 0 aromatic heterocycles. The van der Waals surface area contributed by atoms with Gasteiger partial charge in [-0.1, -0.05) is 73.5 Å². The molecule has 0 aliphatic carbocycles. The molecule has 0 nitrogen and oxygen atoms in total. The molecule has 0 aromatic carbocycles. The van der Waals surface area contributed by atoms with Gasteiger partial charge in [0.15, 0.2) is 0 Å². The van der Waals surface area contributed by atoms with Crippen LogP contribution in [-0.4, -0.2) is 5.53 Å². The van der Waals surface area contributed by atoms with Gasteiger partial charge in [0.05, 0.1) is 0 Å². The largest absolute Gasteiger partial charge is 0.0786 e. The average Bonchev–Trinajstić information content (AvgIpc) is 2.21. The second-order valence-corrected chi connectivity index (χ2v) is 9.23. The lowest BCUT2D eigenvalue weighted by molar-refractivity contribution is 1.50. The van der Waals surface area contributed by atoms with Crippen LogP contribution < -0.4 is 0 Å². The Hall–Kier alpha value is 0.420. The van der Waals surface area contributed by atoms with Crippen molar-refractivity contribution in [1.82, 2.24) is 0 Å². The van der Waals surface area contributed by atoms with Crippen LogP contribution in [0.15, 0.2) is 33.5 Å². The highest BCUT2D eigenvalue weighted by atomic mass is 127. The zero-order valence-electron chi connectivity index (χ0n) is 8.14. The molecule has 0 amide bonds. The summed E-state index contributed by atoms with van der Waals surface area (Å²) >= 11 is 0.541. The maximum atomic E-state index is 2.43. The molecular weight excluding hydrogens is 386 g/mol. The number of rotatable bonds is 0. The van der Waals surface area contributed by atoms with Crippen molar-refractivity contribution >= 4 is 47.0 Å². The van der Waals surface area contributed by atoms with Crippen LogP contribution in [0.4, 0.5) is 0 Å². The molecule has 0 aromatic rings. The molecule has 0 spiro atoms. The third-order valence-electron chi connectivity index (χ3n) is 1.43. The smallest absolute Gasteiger partial charge is 0.0480 e. The van der Waals surface area contributed by atoms with Crippen LogP contribution in [0.2, 0.25) is 0 Å². The summed E-state index contributed by atoms with van der Waals surface area (Å²) in [5.74, 6) is 0. The van der Waals surface area contributed by atoms with Gasteiger partial charge < -0.3 is 0 Å².